The number of H-pyrrole nitrogens is 1. The highest BCUT2D eigenvalue weighted by molar-refractivity contribution is 5.94. The Kier molecular flexibility index (Phi) is 4.07. The second-order valence-corrected chi connectivity index (χ2v) is 6.48. The summed E-state index contributed by atoms with van der Waals surface area (Å²) in [5.41, 5.74) is 2.68. The Labute approximate surface area is 136 Å². The Morgan fingerprint density at radius 3 is 2.61 bits per heavy atom. The van der Waals surface area contributed by atoms with Crippen molar-refractivity contribution < 1.29 is 4.79 Å². The first kappa shape index (κ1) is 15.5. The van der Waals surface area contributed by atoms with Gasteiger partial charge in [-0.25, -0.2) is 0 Å². The van der Waals surface area contributed by atoms with Gasteiger partial charge in [0, 0.05) is 18.8 Å². The Morgan fingerprint density at radius 1 is 1.26 bits per heavy atom. The summed E-state index contributed by atoms with van der Waals surface area (Å²) in [5.74, 6) is 0.371. The van der Waals surface area contributed by atoms with Gasteiger partial charge in [0.2, 0.25) is 0 Å². The van der Waals surface area contributed by atoms with Crippen molar-refractivity contribution in [2.45, 2.75) is 32.7 Å². The normalized spacial score (nSPS) is 15.3. The highest BCUT2D eigenvalue weighted by Gasteiger charge is 2.33. The number of carbonyl (C=O) groups excluding carboxylic acids is 1. The minimum Gasteiger partial charge on any atom is -0.339 e. The monoisotopic (exact) mass is 310 g/mol. The van der Waals surface area contributed by atoms with E-state index in [9.17, 15) is 9.59 Å². The molecular weight excluding hydrogens is 288 g/mol. The molecule has 1 amide bonds. The number of rotatable bonds is 4. The number of aromatic amines is 1. The van der Waals surface area contributed by atoms with Crippen molar-refractivity contribution in [1.29, 1.82) is 0 Å². The molecule has 2 aromatic rings. The minimum atomic E-state index is -0.330. The van der Waals surface area contributed by atoms with E-state index in [1.165, 1.54) is 12.8 Å². The molecule has 4 heteroatoms. The van der Waals surface area contributed by atoms with E-state index in [-0.39, 0.29) is 23.1 Å². The van der Waals surface area contributed by atoms with E-state index in [0.717, 1.165) is 16.8 Å². The van der Waals surface area contributed by atoms with Crippen molar-refractivity contribution in [3.05, 3.63) is 57.9 Å². The maximum absolute atomic E-state index is 12.5. The largest absolute Gasteiger partial charge is 0.339 e. The van der Waals surface area contributed by atoms with E-state index in [0.29, 0.717) is 5.92 Å². The van der Waals surface area contributed by atoms with Crippen LogP contribution in [0.3, 0.4) is 0 Å². The molecule has 3 rings (SSSR count). The molecule has 1 aromatic carbocycles. The van der Waals surface area contributed by atoms with Gasteiger partial charge in [0.05, 0.1) is 0 Å². The molecule has 1 heterocycles. The third-order valence-electron chi connectivity index (χ3n) is 4.70. The van der Waals surface area contributed by atoms with Gasteiger partial charge in [0.25, 0.3) is 11.5 Å². The lowest BCUT2D eigenvalue weighted by Crippen LogP contribution is -2.39. The molecule has 120 valence electrons. The van der Waals surface area contributed by atoms with E-state index in [2.05, 4.69) is 4.98 Å². The first-order valence-corrected chi connectivity index (χ1v) is 8.05. The van der Waals surface area contributed by atoms with Gasteiger partial charge in [-0.3, -0.25) is 9.59 Å². The summed E-state index contributed by atoms with van der Waals surface area (Å²) in [5, 5.41) is 0. The molecule has 0 radical (unpaired) electrons. The van der Waals surface area contributed by atoms with Gasteiger partial charge in [-0.05, 0) is 56.4 Å². The molecule has 0 spiro atoms. The molecule has 1 fully saturated rings. The average Bonchev–Trinajstić information content (AvgIpc) is 3.37. The van der Waals surface area contributed by atoms with Crippen LogP contribution in [0.2, 0.25) is 0 Å². The van der Waals surface area contributed by atoms with Gasteiger partial charge in [-0.1, -0.05) is 23.8 Å². The summed E-state index contributed by atoms with van der Waals surface area (Å²) in [7, 11) is 1.78. The number of hydrogen-bond donors (Lipinski definition) is 1. The lowest BCUT2D eigenvalue weighted by molar-refractivity contribution is 0.0725. The number of pyridine rings is 1. The van der Waals surface area contributed by atoms with Crippen molar-refractivity contribution in [1.82, 2.24) is 9.88 Å². The quantitative estimate of drug-likeness (QED) is 0.942. The third kappa shape index (κ3) is 3.21. The zero-order chi connectivity index (χ0) is 16.6. The maximum atomic E-state index is 12.5. The van der Waals surface area contributed by atoms with E-state index in [1.807, 2.05) is 38.1 Å². The lowest BCUT2D eigenvalue weighted by Gasteiger charge is -2.24. The molecule has 1 aliphatic carbocycles. The Bertz CT molecular complexity index is 790. The van der Waals surface area contributed by atoms with Gasteiger partial charge in [-0.15, -0.1) is 0 Å². The molecule has 1 atom stereocenters. The molecule has 1 N–H and O–H groups in total. The smallest absolute Gasteiger partial charge is 0.261 e. The van der Waals surface area contributed by atoms with Crippen LogP contribution >= 0.6 is 0 Å². The minimum absolute atomic E-state index is 0.179. The van der Waals surface area contributed by atoms with E-state index >= 15 is 0 Å². The highest BCUT2D eigenvalue weighted by atomic mass is 16.2. The van der Waals surface area contributed by atoms with Crippen LogP contribution in [0, 0.1) is 12.8 Å². The Morgan fingerprint density at radius 2 is 2.00 bits per heavy atom. The summed E-state index contributed by atoms with van der Waals surface area (Å²) < 4.78 is 0. The molecule has 1 unspecified atom stereocenters. The van der Waals surface area contributed by atoms with Gasteiger partial charge in [0.1, 0.15) is 5.56 Å². The number of nitrogens with one attached hydrogen (secondary N) is 1. The van der Waals surface area contributed by atoms with Crippen LogP contribution in [0.5, 0.6) is 0 Å². The summed E-state index contributed by atoms with van der Waals surface area (Å²) >= 11 is 0. The second kappa shape index (κ2) is 6.03. The topological polar surface area (TPSA) is 53.2 Å². The molecule has 1 aromatic heterocycles. The zero-order valence-electron chi connectivity index (χ0n) is 13.8. The molecule has 0 saturated heterocycles. The fourth-order valence-electron chi connectivity index (χ4n) is 2.89. The molecule has 1 aliphatic rings. The van der Waals surface area contributed by atoms with Gasteiger partial charge in [-0.2, -0.15) is 0 Å². The summed E-state index contributed by atoms with van der Waals surface area (Å²) in [6.45, 7) is 4.05. The first-order chi connectivity index (χ1) is 11.0. The van der Waals surface area contributed by atoms with Crippen LogP contribution in [0.1, 0.15) is 35.7 Å². The number of amides is 1. The lowest BCUT2D eigenvalue weighted by atomic mass is 10.1. The van der Waals surface area contributed by atoms with Crippen LogP contribution < -0.4 is 5.56 Å². The Balaban J connectivity index is 1.87. The van der Waals surface area contributed by atoms with Crippen LogP contribution in [-0.4, -0.2) is 28.9 Å². The average molecular weight is 310 g/mol. The third-order valence-corrected chi connectivity index (χ3v) is 4.70. The van der Waals surface area contributed by atoms with Crippen molar-refractivity contribution in [2.24, 2.45) is 5.92 Å². The fraction of sp³-hybridized carbons (Fsp3) is 0.368. The summed E-state index contributed by atoms with van der Waals surface area (Å²) in [4.78, 5) is 29.4. The van der Waals surface area contributed by atoms with Crippen molar-refractivity contribution in [3.63, 3.8) is 0 Å². The van der Waals surface area contributed by atoms with Gasteiger partial charge in [0.15, 0.2) is 0 Å². The van der Waals surface area contributed by atoms with Crippen molar-refractivity contribution >= 4 is 5.91 Å². The van der Waals surface area contributed by atoms with Crippen LogP contribution in [0.25, 0.3) is 11.3 Å². The highest BCUT2D eigenvalue weighted by Crippen LogP contribution is 2.34. The first-order valence-electron chi connectivity index (χ1n) is 8.05. The van der Waals surface area contributed by atoms with Crippen LogP contribution in [0.15, 0.2) is 41.2 Å². The van der Waals surface area contributed by atoms with Crippen molar-refractivity contribution in [2.75, 3.05) is 7.05 Å². The molecule has 0 aliphatic heterocycles. The van der Waals surface area contributed by atoms with E-state index < -0.39 is 0 Å². The molecule has 0 bridgehead atoms. The maximum Gasteiger partial charge on any atom is 0.261 e. The van der Waals surface area contributed by atoms with Crippen LogP contribution in [-0.2, 0) is 0 Å². The number of carbonyl (C=O) groups is 1. The second-order valence-electron chi connectivity index (χ2n) is 6.48. The van der Waals surface area contributed by atoms with Crippen LogP contribution in [0.4, 0.5) is 0 Å². The van der Waals surface area contributed by atoms with Gasteiger partial charge < -0.3 is 9.88 Å². The molecular formula is C19H22N2O2. The van der Waals surface area contributed by atoms with E-state index in [4.69, 9.17) is 0 Å². The number of hydrogen-bond acceptors (Lipinski definition) is 2. The number of aromatic nitrogens is 1. The fourth-order valence-corrected chi connectivity index (χ4v) is 2.89. The molecule has 23 heavy (non-hydrogen) atoms. The standard InChI is InChI=1S/C19H22N2O2/c1-12-5-4-6-15(11-12)17-10-9-16(18(22)20-17)19(23)21(3)13(2)14-7-8-14/h4-6,9-11,13-14H,7-8H2,1-3H3,(H,20,22). The van der Waals surface area contributed by atoms with Crippen molar-refractivity contribution in [3.8, 4) is 11.3 Å². The summed E-state index contributed by atoms with van der Waals surface area (Å²) in [6.07, 6.45) is 2.34. The Hall–Kier alpha value is -2.36. The van der Waals surface area contributed by atoms with Gasteiger partial charge >= 0.3 is 0 Å². The SMILES string of the molecule is Cc1cccc(-c2ccc(C(=O)N(C)C(C)C3CC3)c(=O)[nH]2)c1. The predicted molar refractivity (Wildman–Crippen MR) is 91.5 cm³/mol. The number of benzene rings is 1. The molecule has 4 nitrogen and oxygen atoms in total. The van der Waals surface area contributed by atoms with E-state index in [1.54, 1.807) is 24.1 Å². The summed E-state index contributed by atoms with van der Waals surface area (Å²) in [6, 6.07) is 11.5. The zero-order valence-corrected chi connectivity index (χ0v) is 13.8. The number of aryl methyl sites for hydroxylation is 1. The number of nitrogens with zero attached hydrogens (tertiary/aromatic N) is 1. The predicted octanol–water partition coefficient (Wildman–Crippen LogP) is 3.22. The molecule has 1 saturated carbocycles.